The van der Waals surface area contributed by atoms with Crippen molar-refractivity contribution in [2.75, 3.05) is 0 Å². The van der Waals surface area contributed by atoms with Crippen LogP contribution < -0.4 is 0 Å². The average Bonchev–Trinajstić information content (AvgIpc) is 3.32. The molecule has 0 aliphatic heterocycles. The van der Waals surface area contributed by atoms with Crippen molar-refractivity contribution in [1.29, 1.82) is 0 Å². The van der Waals surface area contributed by atoms with Gasteiger partial charge in [-0.15, -0.1) is 0 Å². The van der Waals surface area contributed by atoms with Crippen molar-refractivity contribution in [3.63, 3.8) is 0 Å². The Morgan fingerprint density at radius 2 is 1.67 bits per heavy atom. The number of alkyl halides is 3. The van der Waals surface area contributed by atoms with Gasteiger partial charge in [-0.2, -0.15) is 13.2 Å². The number of nitrogens with zero attached hydrogens (tertiary/aromatic N) is 2. The largest absolute Gasteiger partial charge is 0.477 e. The van der Waals surface area contributed by atoms with Gasteiger partial charge in [0.25, 0.3) is 10.0 Å². The highest BCUT2D eigenvalue weighted by atomic mass is 32.2. The number of aromatic nitrogens is 2. The van der Waals surface area contributed by atoms with Crippen LogP contribution in [0, 0.1) is 0 Å². The number of benzene rings is 2. The zero-order valence-corrected chi connectivity index (χ0v) is 20.9. The summed E-state index contributed by atoms with van der Waals surface area (Å²) in [4.78, 5) is 11.5. The lowest BCUT2D eigenvalue weighted by Gasteiger charge is -2.20. The molecule has 36 heavy (non-hydrogen) atoms. The molecule has 0 amide bonds. The number of hydrogen-bond donors (Lipinski definition) is 1. The summed E-state index contributed by atoms with van der Waals surface area (Å²) in [5.74, 6) is -1.15. The Labute approximate surface area is 206 Å². The molecule has 2 heterocycles. The second-order valence-electron chi connectivity index (χ2n) is 9.78. The molecular formula is C26H25F3N2O4S. The van der Waals surface area contributed by atoms with Crippen LogP contribution in [0.5, 0.6) is 0 Å². The summed E-state index contributed by atoms with van der Waals surface area (Å²) >= 11 is 0. The van der Waals surface area contributed by atoms with Gasteiger partial charge in [0.1, 0.15) is 5.69 Å². The molecule has 0 saturated carbocycles. The summed E-state index contributed by atoms with van der Waals surface area (Å²) in [6.07, 6.45) is -3.04. The molecule has 0 aliphatic rings. The molecular weight excluding hydrogens is 493 g/mol. The molecule has 0 spiro atoms. The van der Waals surface area contributed by atoms with E-state index < -0.39 is 27.7 Å². The first-order chi connectivity index (χ1) is 16.6. The van der Waals surface area contributed by atoms with Crippen LogP contribution in [0.25, 0.3) is 10.9 Å². The smallest absolute Gasteiger partial charge is 0.416 e. The third kappa shape index (κ3) is 4.65. The van der Waals surface area contributed by atoms with Crippen molar-refractivity contribution in [2.24, 2.45) is 7.05 Å². The summed E-state index contributed by atoms with van der Waals surface area (Å²) in [7, 11) is -2.66. The maximum absolute atomic E-state index is 13.9. The van der Waals surface area contributed by atoms with Crippen molar-refractivity contribution >= 4 is 26.9 Å². The lowest BCUT2D eigenvalue weighted by Crippen LogP contribution is -2.18. The fourth-order valence-electron chi connectivity index (χ4n) is 4.21. The van der Waals surface area contributed by atoms with Crippen molar-refractivity contribution in [3.8, 4) is 0 Å². The molecule has 2 aromatic carbocycles. The molecule has 2 aromatic heterocycles. The molecule has 4 aromatic rings. The van der Waals surface area contributed by atoms with Crippen LogP contribution in [0.3, 0.4) is 0 Å². The van der Waals surface area contributed by atoms with Crippen LogP contribution in [0.15, 0.2) is 65.7 Å². The second kappa shape index (κ2) is 8.55. The summed E-state index contributed by atoms with van der Waals surface area (Å²) in [5, 5.41) is 9.48. The zero-order chi connectivity index (χ0) is 26.6. The summed E-state index contributed by atoms with van der Waals surface area (Å²) in [6.45, 7) is 5.84. The van der Waals surface area contributed by atoms with Crippen LogP contribution in [0.4, 0.5) is 13.2 Å². The van der Waals surface area contributed by atoms with E-state index in [9.17, 15) is 31.5 Å². The Balaban J connectivity index is 1.94. The minimum atomic E-state index is -4.59. The van der Waals surface area contributed by atoms with Gasteiger partial charge in [0.2, 0.25) is 0 Å². The minimum absolute atomic E-state index is 0.00462. The van der Waals surface area contributed by atoms with Gasteiger partial charge in [0, 0.05) is 30.7 Å². The number of aromatic carboxylic acids is 1. The highest BCUT2D eigenvalue weighted by molar-refractivity contribution is 7.90. The van der Waals surface area contributed by atoms with Gasteiger partial charge in [-0.05, 0) is 59.0 Å². The predicted molar refractivity (Wildman–Crippen MR) is 130 cm³/mol. The highest BCUT2D eigenvalue weighted by Gasteiger charge is 2.32. The first-order valence-corrected chi connectivity index (χ1v) is 12.5. The van der Waals surface area contributed by atoms with Gasteiger partial charge < -0.3 is 9.67 Å². The Morgan fingerprint density at radius 3 is 2.25 bits per heavy atom. The Bertz CT molecular complexity index is 1590. The zero-order valence-electron chi connectivity index (χ0n) is 20.1. The van der Waals surface area contributed by atoms with Crippen LogP contribution in [0.2, 0.25) is 0 Å². The molecule has 4 rings (SSSR count). The SMILES string of the molecule is Cn1cc(Cc2cc3cc(C(F)(F)F)ccc3n2S(=O)(=O)c2cccc(C(C)(C)C)c2)cc1C(=O)O. The van der Waals surface area contributed by atoms with Gasteiger partial charge in [-0.1, -0.05) is 32.9 Å². The monoisotopic (exact) mass is 518 g/mol. The predicted octanol–water partition coefficient (Wildman–Crippen LogP) is 5.82. The molecule has 6 nitrogen and oxygen atoms in total. The van der Waals surface area contributed by atoms with Gasteiger partial charge in [-0.3, -0.25) is 0 Å². The van der Waals surface area contributed by atoms with Gasteiger partial charge in [0.15, 0.2) is 0 Å². The molecule has 0 unspecified atom stereocenters. The molecule has 0 aliphatic carbocycles. The Morgan fingerprint density at radius 1 is 0.972 bits per heavy atom. The number of rotatable bonds is 5. The third-order valence-electron chi connectivity index (χ3n) is 6.06. The number of aryl methyl sites for hydroxylation is 1. The number of fused-ring (bicyclic) bond motifs is 1. The number of carboxylic acid groups (broad SMARTS) is 1. The normalized spacial score (nSPS) is 12.9. The second-order valence-corrected chi connectivity index (χ2v) is 11.6. The van der Waals surface area contributed by atoms with E-state index in [0.717, 1.165) is 27.7 Å². The third-order valence-corrected chi connectivity index (χ3v) is 7.82. The summed E-state index contributed by atoms with van der Waals surface area (Å²) < 4.78 is 70.3. The molecule has 0 radical (unpaired) electrons. The van der Waals surface area contributed by atoms with Crippen molar-refractivity contribution < 1.29 is 31.5 Å². The summed E-state index contributed by atoms with van der Waals surface area (Å²) in [6, 6.07) is 12.2. The van der Waals surface area contributed by atoms with E-state index in [1.807, 2.05) is 26.8 Å². The molecule has 190 valence electrons. The fraction of sp³-hybridized carbons (Fsp3) is 0.269. The molecule has 0 bridgehead atoms. The molecule has 0 atom stereocenters. The number of halogens is 3. The highest BCUT2D eigenvalue weighted by Crippen LogP contribution is 2.35. The molecule has 10 heteroatoms. The molecule has 1 N–H and O–H groups in total. The van der Waals surface area contributed by atoms with Gasteiger partial charge >= 0.3 is 12.1 Å². The first-order valence-electron chi connectivity index (χ1n) is 11.1. The van der Waals surface area contributed by atoms with Crippen molar-refractivity contribution in [2.45, 2.75) is 43.7 Å². The maximum Gasteiger partial charge on any atom is 0.416 e. The Kier molecular flexibility index (Phi) is 6.07. The first kappa shape index (κ1) is 25.6. The van der Waals surface area contributed by atoms with Crippen molar-refractivity contribution in [1.82, 2.24) is 8.54 Å². The van der Waals surface area contributed by atoms with E-state index in [-0.39, 0.29) is 39.0 Å². The molecule has 0 saturated heterocycles. The van der Waals surface area contributed by atoms with E-state index in [1.54, 1.807) is 25.4 Å². The standard InChI is InChI=1S/C26H25F3N2O4S/c1-25(2,3)18-6-5-7-21(14-18)36(34,35)31-20(10-16-11-23(24(32)33)30(4)15-16)13-17-12-19(26(27,28)29)8-9-22(17)31/h5-9,11-15H,10H2,1-4H3,(H,32,33). The number of carboxylic acids is 1. The summed E-state index contributed by atoms with van der Waals surface area (Å²) in [5.41, 5.74) is 0.406. The minimum Gasteiger partial charge on any atom is -0.477 e. The van der Waals surface area contributed by atoms with Crippen molar-refractivity contribution in [3.05, 3.63) is 88.9 Å². The van der Waals surface area contributed by atoms with Crippen LogP contribution in [-0.2, 0) is 35.1 Å². The lowest BCUT2D eigenvalue weighted by atomic mass is 9.87. The van der Waals surface area contributed by atoms with Gasteiger partial charge in [-0.25, -0.2) is 17.2 Å². The average molecular weight is 519 g/mol. The molecule has 0 fully saturated rings. The van der Waals surface area contributed by atoms with E-state index in [2.05, 4.69) is 0 Å². The van der Waals surface area contributed by atoms with E-state index >= 15 is 0 Å². The fourth-order valence-corrected chi connectivity index (χ4v) is 5.80. The maximum atomic E-state index is 13.9. The van der Waals surface area contributed by atoms with E-state index in [4.69, 9.17) is 0 Å². The number of hydrogen-bond acceptors (Lipinski definition) is 3. The Hall–Kier alpha value is -3.53. The van der Waals surface area contributed by atoms with Crippen LogP contribution in [0.1, 0.15) is 53.6 Å². The van der Waals surface area contributed by atoms with Crippen LogP contribution in [-0.4, -0.2) is 28.0 Å². The number of carbonyl (C=O) groups is 1. The van der Waals surface area contributed by atoms with Crippen LogP contribution >= 0.6 is 0 Å². The topological polar surface area (TPSA) is 81.3 Å². The van der Waals surface area contributed by atoms with Gasteiger partial charge in [0.05, 0.1) is 16.0 Å². The van der Waals surface area contributed by atoms with E-state index in [1.165, 1.54) is 22.8 Å². The quantitative estimate of drug-likeness (QED) is 0.361. The lowest BCUT2D eigenvalue weighted by molar-refractivity contribution is -0.137. The van der Waals surface area contributed by atoms with E-state index in [0.29, 0.717) is 5.56 Å².